The predicted molar refractivity (Wildman–Crippen MR) is 136 cm³/mol. The Morgan fingerprint density at radius 3 is 2.60 bits per heavy atom. The maximum Gasteiger partial charge on any atom is 0.101 e. The molecule has 1 aliphatic heterocycles. The summed E-state index contributed by atoms with van der Waals surface area (Å²) < 4.78 is 11.8. The van der Waals surface area contributed by atoms with Gasteiger partial charge in [-0.05, 0) is 119 Å². The van der Waals surface area contributed by atoms with Crippen molar-refractivity contribution in [3.05, 3.63) is 24.2 Å². The zero-order valence-electron chi connectivity index (χ0n) is 22.0. The highest BCUT2D eigenvalue weighted by atomic mass is 16.5. The van der Waals surface area contributed by atoms with Crippen LogP contribution in [0.3, 0.4) is 0 Å². The van der Waals surface area contributed by atoms with Gasteiger partial charge in [-0.15, -0.1) is 0 Å². The molecular weight excluding hydrogens is 438 g/mol. The molecule has 0 radical (unpaired) electrons. The van der Waals surface area contributed by atoms with Gasteiger partial charge in [0.1, 0.15) is 5.60 Å². The SMILES string of the molecule is C[C@]12CCC(OCCCN3CCCC3)CC1CC[C@@H]1[C@H]2CC[C@]2(C)C(O)(c3ccoc3)CC[C@@]12O. The van der Waals surface area contributed by atoms with Gasteiger partial charge < -0.3 is 24.3 Å². The summed E-state index contributed by atoms with van der Waals surface area (Å²) >= 11 is 0. The zero-order chi connectivity index (χ0) is 24.3. The minimum absolute atomic E-state index is 0.279. The minimum atomic E-state index is -1.00. The van der Waals surface area contributed by atoms with Gasteiger partial charge in [0.05, 0.1) is 24.2 Å². The number of fused-ring (bicyclic) bond motifs is 5. The molecule has 0 amide bonds. The molecule has 2 N–H and O–H groups in total. The van der Waals surface area contributed by atoms with Crippen molar-refractivity contribution in [2.45, 2.75) is 108 Å². The molecule has 0 aromatic carbocycles. The number of ether oxygens (including phenoxy) is 1. The maximum absolute atomic E-state index is 12.4. The summed E-state index contributed by atoms with van der Waals surface area (Å²) in [5, 5.41) is 24.3. The van der Waals surface area contributed by atoms with E-state index in [0.29, 0.717) is 30.8 Å². The highest BCUT2D eigenvalue weighted by molar-refractivity contribution is 5.30. The lowest BCUT2D eigenvalue weighted by Gasteiger charge is -2.64. The Hall–Kier alpha value is -0.880. The molecule has 0 bridgehead atoms. The molecule has 1 aromatic heterocycles. The summed E-state index contributed by atoms with van der Waals surface area (Å²) in [5.74, 6) is 1.52. The molecule has 8 atom stereocenters. The number of rotatable bonds is 6. The van der Waals surface area contributed by atoms with E-state index < -0.39 is 16.6 Å². The Kier molecular flexibility index (Phi) is 6.19. The van der Waals surface area contributed by atoms with Crippen LogP contribution in [0.25, 0.3) is 0 Å². The average Bonchev–Trinajstić information content (AvgIpc) is 3.60. The molecule has 35 heavy (non-hydrogen) atoms. The van der Waals surface area contributed by atoms with E-state index in [2.05, 4.69) is 18.7 Å². The van der Waals surface area contributed by atoms with Crippen molar-refractivity contribution >= 4 is 0 Å². The van der Waals surface area contributed by atoms with Crippen LogP contribution in [-0.2, 0) is 10.3 Å². The number of aliphatic hydroxyl groups is 2. The first-order chi connectivity index (χ1) is 16.8. The molecule has 0 spiro atoms. The smallest absolute Gasteiger partial charge is 0.101 e. The standard InChI is InChI=1S/C30H47NO4/c1-27-11-8-24(35-18-5-17-31-15-3-4-16-31)20-22(27)6-7-26-25(27)9-12-28(2)29(32,13-14-30(26,28)33)23-10-19-34-21-23/h10,19,21-22,24-26,32-33H,3-9,11-18,20H2,1-2H3/t22?,24?,25-,26-,27+,28-,29?,30-/m1/s1. The van der Waals surface area contributed by atoms with Crippen LogP contribution in [0.1, 0.15) is 96.5 Å². The molecule has 5 nitrogen and oxygen atoms in total. The number of hydrogen-bond acceptors (Lipinski definition) is 5. The van der Waals surface area contributed by atoms with Gasteiger partial charge in [-0.1, -0.05) is 13.8 Å². The Bertz CT molecular complexity index is 883. The van der Waals surface area contributed by atoms with Crippen LogP contribution in [0, 0.1) is 28.6 Å². The quantitative estimate of drug-likeness (QED) is 0.521. The topological polar surface area (TPSA) is 66.1 Å². The van der Waals surface area contributed by atoms with E-state index in [-0.39, 0.29) is 11.3 Å². The second kappa shape index (κ2) is 8.85. The molecule has 5 fully saturated rings. The van der Waals surface area contributed by atoms with Gasteiger partial charge in [0.25, 0.3) is 0 Å². The van der Waals surface area contributed by atoms with Crippen LogP contribution in [0.5, 0.6) is 0 Å². The lowest BCUT2D eigenvalue weighted by molar-refractivity contribution is -0.239. The highest BCUT2D eigenvalue weighted by Crippen LogP contribution is 2.71. The van der Waals surface area contributed by atoms with Crippen molar-refractivity contribution in [3.63, 3.8) is 0 Å². The first-order valence-electron chi connectivity index (χ1n) is 14.6. The summed E-state index contributed by atoms with van der Waals surface area (Å²) in [4.78, 5) is 2.58. The lowest BCUT2D eigenvalue weighted by Crippen LogP contribution is -2.64. The van der Waals surface area contributed by atoms with Gasteiger partial charge in [-0.2, -0.15) is 0 Å². The third kappa shape index (κ3) is 3.62. The second-order valence-corrected chi connectivity index (χ2v) is 13.3. The fourth-order valence-electron chi connectivity index (χ4n) is 9.86. The first kappa shape index (κ1) is 24.5. The Morgan fingerprint density at radius 2 is 1.83 bits per heavy atom. The number of nitrogens with zero attached hydrogens (tertiary/aromatic N) is 1. The fourth-order valence-corrected chi connectivity index (χ4v) is 9.86. The molecule has 2 heterocycles. The van der Waals surface area contributed by atoms with Crippen molar-refractivity contribution in [2.24, 2.45) is 28.6 Å². The summed E-state index contributed by atoms with van der Waals surface area (Å²) in [5.41, 5.74) is -1.20. The van der Waals surface area contributed by atoms with E-state index in [1.54, 1.807) is 12.5 Å². The highest BCUT2D eigenvalue weighted by Gasteiger charge is 2.72. The average molecular weight is 486 g/mol. The van der Waals surface area contributed by atoms with E-state index >= 15 is 0 Å². The lowest BCUT2D eigenvalue weighted by atomic mass is 9.43. The van der Waals surface area contributed by atoms with Crippen LogP contribution in [0.4, 0.5) is 0 Å². The summed E-state index contributed by atoms with van der Waals surface area (Å²) in [6, 6.07) is 1.90. The minimum Gasteiger partial charge on any atom is -0.472 e. The number of furan rings is 1. The molecule has 196 valence electrons. The zero-order valence-corrected chi connectivity index (χ0v) is 22.0. The van der Waals surface area contributed by atoms with Crippen LogP contribution in [0.2, 0.25) is 0 Å². The summed E-state index contributed by atoms with van der Waals surface area (Å²) in [7, 11) is 0. The van der Waals surface area contributed by atoms with Crippen molar-refractivity contribution < 1.29 is 19.4 Å². The van der Waals surface area contributed by atoms with Gasteiger partial charge in [-0.3, -0.25) is 0 Å². The van der Waals surface area contributed by atoms with Crippen LogP contribution >= 0.6 is 0 Å². The van der Waals surface area contributed by atoms with Crippen molar-refractivity contribution in [2.75, 3.05) is 26.2 Å². The van der Waals surface area contributed by atoms with Crippen LogP contribution in [-0.4, -0.2) is 53.1 Å². The van der Waals surface area contributed by atoms with Crippen LogP contribution < -0.4 is 0 Å². The molecule has 4 aliphatic carbocycles. The van der Waals surface area contributed by atoms with Crippen LogP contribution in [0.15, 0.2) is 23.0 Å². The monoisotopic (exact) mass is 485 g/mol. The molecule has 3 unspecified atom stereocenters. The van der Waals surface area contributed by atoms with Gasteiger partial charge in [0, 0.05) is 24.1 Å². The van der Waals surface area contributed by atoms with Gasteiger partial charge in [-0.25, -0.2) is 0 Å². The van der Waals surface area contributed by atoms with Crippen molar-refractivity contribution in [1.82, 2.24) is 4.90 Å². The van der Waals surface area contributed by atoms with Crippen molar-refractivity contribution in [3.8, 4) is 0 Å². The predicted octanol–water partition coefficient (Wildman–Crippen LogP) is 5.50. The largest absolute Gasteiger partial charge is 0.472 e. The molecule has 1 saturated heterocycles. The number of likely N-dealkylation sites (tertiary alicyclic amines) is 1. The van der Waals surface area contributed by atoms with E-state index in [9.17, 15) is 10.2 Å². The molecule has 4 saturated carbocycles. The normalized spacial score (nSPS) is 47.9. The third-order valence-electron chi connectivity index (χ3n) is 12.1. The third-order valence-corrected chi connectivity index (χ3v) is 12.1. The number of hydrogen-bond donors (Lipinski definition) is 2. The molecule has 5 heteroatoms. The Labute approximate surface area is 211 Å². The molecular formula is C30H47NO4. The Balaban J connectivity index is 1.12. The fraction of sp³-hybridized carbons (Fsp3) is 0.867. The van der Waals surface area contributed by atoms with E-state index in [0.717, 1.165) is 44.3 Å². The summed E-state index contributed by atoms with van der Waals surface area (Å²) in [6.07, 6.45) is 16.8. The van der Waals surface area contributed by atoms with Gasteiger partial charge in [0.15, 0.2) is 0 Å². The van der Waals surface area contributed by atoms with E-state index in [1.165, 1.54) is 51.7 Å². The maximum atomic E-state index is 12.4. The summed E-state index contributed by atoms with van der Waals surface area (Å²) in [6.45, 7) is 9.34. The van der Waals surface area contributed by atoms with E-state index in [4.69, 9.17) is 9.15 Å². The van der Waals surface area contributed by atoms with Gasteiger partial charge in [0.2, 0.25) is 0 Å². The Morgan fingerprint density at radius 1 is 1.00 bits per heavy atom. The first-order valence-corrected chi connectivity index (χ1v) is 14.6. The molecule has 6 rings (SSSR count). The molecule has 1 aromatic rings. The van der Waals surface area contributed by atoms with Gasteiger partial charge >= 0.3 is 0 Å². The molecule has 5 aliphatic rings. The second-order valence-electron chi connectivity index (χ2n) is 13.3. The van der Waals surface area contributed by atoms with E-state index in [1.807, 2.05) is 6.07 Å². The van der Waals surface area contributed by atoms with Crippen molar-refractivity contribution in [1.29, 1.82) is 0 Å².